The number of fused-ring (bicyclic) bond motifs is 1. The van der Waals surface area contributed by atoms with Crippen LogP contribution in [-0.4, -0.2) is 22.4 Å². The molecule has 0 unspecified atom stereocenters. The average Bonchev–Trinajstić information content (AvgIpc) is 2.74. The number of pyridine rings is 1. The predicted molar refractivity (Wildman–Crippen MR) is 120 cm³/mol. The molecule has 29 heavy (non-hydrogen) atoms. The third-order valence-electron chi connectivity index (χ3n) is 6.18. The van der Waals surface area contributed by atoms with Gasteiger partial charge in [-0.15, -0.1) is 0 Å². The van der Waals surface area contributed by atoms with Crippen molar-refractivity contribution in [3.05, 3.63) is 62.2 Å². The van der Waals surface area contributed by atoms with E-state index in [1.54, 1.807) is 0 Å². The Morgan fingerprint density at radius 1 is 1.21 bits per heavy atom. The Morgan fingerprint density at radius 3 is 2.72 bits per heavy atom. The molecular weight excluding hydrogens is 382 g/mol. The maximum atomic E-state index is 12.6. The predicted octanol–water partition coefficient (Wildman–Crippen LogP) is 3.89. The number of nitrogens with one attached hydrogen (secondary N) is 2. The molecule has 0 saturated heterocycles. The van der Waals surface area contributed by atoms with E-state index in [0.717, 1.165) is 29.7 Å². The van der Waals surface area contributed by atoms with Crippen molar-refractivity contribution in [2.75, 3.05) is 7.05 Å². The minimum absolute atomic E-state index is 0.225. The molecule has 1 aliphatic rings. The lowest BCUT2D eigenvalue weighted by molar-refractivity contribution is 0.300. The van der Waals surface area contributed by atoms with Crippen molar-refractivity contribution in [2.45, 2.75) is 51.5 Å². The van der Waals surface area contributed by atoms with Gasteiger partial charge in [0.05, 0.1) is 16.6 Å². The number of aryl methyl sites for hydroxylation is 1. The molecule has 1 fully saturated rings. The van der Waals surface area contributed by atoms with Crippen LogP contribution in [0.4, 0.5) is 0 Å². The summed E-state index contributed by atoms with van der Waals surface area (Å²) in [5.41, 5.74) is 3.47. The highest BCUT2D eigenvalue weighted by Gasteiger charge is 2.21. The Kier molecular flexibility index (Phi) is 5.92. The van der Waals surface area contributed by atoms with Gasteiger partial charge in [-0.05, 0) is 85.8 Å². The van der Waals surface area contributed by atoms with Crippen LogP contribution in [0.5, 0.6) is 0 Å². The maximum Gasteiger partial charge on any atom is 0.261 e. The summed E-state index contributed by atoms with van der Waals surface area (Å²) in [7, 11) is 2.05. The number of aromatic nitrogens is 2. The molecule has 2 aromatic heterocycles. The van der Waals surface area contributed by atoms with E-state index in [0.29, 0.717) is 16.7 Å². The number of hydrogen-bond acceptors (Lipinski definition) is 5. The lowest BCUT2D eigenvalue weighted by atomic mass is 9.82. The second kappa shape index (κ2) is 8.59. The summed E-state index contributed by atoms with van der Waals surface area (Å²) in [5.74, 6) is 0.714. The zero-order valence-electron chi connectivity index (χ0n) is 17.0. The van der Waals surface area contributed by atoms with Crippen LogP contribution >= 0.6 is 11.5 Å². The van der Waals surface area contributed by atoms with Crippen LogP contribution in [0.3, 0.4) is 0 Å². The molecule has 0 spiro atoms. The summed E-state index contributed by atoms with van der Waals surface area (Å²) >= 11 is 1.22. The molecule has 2 heterocycles. The normalized spacial score (nSPS) is 19.5. The van der Waals surface area contributed by atoms with E-state index in [1.807, 2.05) is 13.0 Å². The van der Waals surface area contributed by atoms with Crippen LogP contribution < -0.4 is 16.3 Å². The minimum Gasteiger partial charge on any atom is -0.321 e. The second-order valence-electron chi connectivity index (χ2n) is 7.97. The molecule has 0 atom stereocenters. The van der Waals surface area contributed by atoms with Crippen molar-refractivity contribution in [3.8, 4) is 11.3 Å². The fourth-order valence-corrected chi connectivity index (χ4v) is 5.46. The SMILES string of the molecule is CCc1c(-c2cccc(CC3CCC(NC)CC3)c2)[nH]c(=O)c2c(=O)cnsc12. The highest BCUT2D eigenvalue weighted by Crippen LogP contribution is 2.31. The molecule has 4 rings (SSSR count). The third-order valence-corrected chi connectivity index (χ3v) is 7.02. The summed E-state index contributed by atoms with van der Waals surface area (Å²) in [6.45, 7) is 2.05. The van der Waals surface area contributed by atoms with E-state index in [4.69, 9.17) is 0 Å². The Hall–Kier alpha value is -2.31. The fourth-order valence-electron chi connectivity index (χ4n) is 4.56. The summed E-state index contributed by atoms with van der Waals surface area (Å²) < 4.78 is 4.78. The van der Waals surface area contributed by atoms with E-state index in [-0.39, 0.29) is 16.4 Å². The second-order valence-corrected chi connectivity index (χ2v) is 8.77. The van der Waals surface area contributed by atoms with Crippen molar-refractivity contribution >= 4 is 21.6 Å². The van der Waals surface area contributed by atoms with Gasteiger partial charge >= 0.3 is 0 Å². The van der Waals surface area contributed by atoms with Crippen LogP contribution in [0.15, 0.2) is 40.1 Å². The number of benzene rings is 1. The topological polar surface area (TPSA) is 74.8 Å². The molecule has 1 saturated carbocycles. The van der Waals surface area contributed by atoms with E-state index >= 15 is 0 Å². The molecule has 0 aliphatic heterocycles. The van der Waals surface area contributed by atoms with E-state index in [1.165, 1.54) is 49.0 Å². The van der Waals surface area contributed by atoms with Crippen LogP contribution in [0, 0.1) is 5.92 Å². The summed E-state index contributed by atoms with van der Waals surface area (Å²) in [6.07, 6.45) is 8.01. The zero-order valence-corrected chi connectivity index (χ0v) is 17.8. The number of hydrogen-bond donors (Lipinski definition) is 2. The molecule has 1 aliphatic carbocycles. The van der Waals surface area contributed by atoms with Gasteiger partial charge in [0.2, 0.25) is 5.43 Å². The standard InChI is InChI=1S/C23H27N3O2S/c1-3-18-21(26-23(28)20-19(27)13-25-29-22(18)20)16-6-4-5-15(12-16)11-14-7-9-17(24-2)10-8-14/h4-6,12-14,17,24H,3,7-11H2,1-2H3,(H,26,28). The number of H-pyrrole nitrogens is 1. The quantitative estimate of drug-likeness (QED) is 0.670. The van der Waals surface area contributed by atoms with E-state index in [9.17, 15) is 9.59 Å². The summed E-state index contributed by atoms with van der Waals surface area (Å²) in [5, 5.41) is 3.62. The van der Waals surface area contributed by atoms with Gasteiger partial charge in [-0.3, -0.25) is 9.59 Å². The van der Waals surface area contributed by atoms with Crippen LogP contribution in [-0.2, 0) is 12.8 Å². The van der Waals surface area contributed by atoms with E-state index in [2.05, 4.69) is 39.9 Å². The van der Waals surface area contributed by atoms with Gasteiger partial charge in [0.25, 0.3) is 5.56 Å². The largest absolute Gasteiger partial charge is 0.321 e. The van der Waals surface area contributed by atoms with Crippen molar-refractivity contribution in [1.82, 2.24) is 14.7 Å². The van der Waals surface area contributed by atoms with Crippen molar-refractivity contribution < 1.29 is 0 Å². The monoisotopic (exact) mass is 409 g/mol. The van der Waals surface area contributed by atoms with Crippen LogP contribution in [0.2, 0.25) is 0 Å². The molecule has 2 N–H and O–H groups in total. The first-order valence-corrected chi connectivity index (χ1v) is 11.2. The summed E-state index contributed by atoms with van der Waals surface area (Å²) in [4.78, 5) is 27.8. The molecule has 3 aromatic rings. The lowest BCUT2D eigenvalue weighted by Gasteiger charge is -2.28. The Labute approximate surface area is 174 Å². The van der Waals surface area contributed by atoms with Crippen molar-refractivity contribution in [2.24, 2.45) is 5.92 Å². The van der Waals surface area contributed by atoms with Crippen LogP contribution in [0.25, 0.3) is 21.3 Å². The first-order chi connectivity index (χ1) is 14.1. The van der Waals surface area contributed by atoms with Gasteiger partial charge < -0.3 is 10.3 Å². The molecule has 0 amide bonds. The lowest BCUT2D eigenvalue weighted by Crippen LogP contribution is -2.30. The molecule has 0 bridgehead atoms. The Balaban J connectivity index is 1.69. The fraction of sp³-hybridized carbons (Fsp3) is 0.435. The zero-order chi connectivity index (χ0) is 20.4. The van der Waals surface area contributed by atoms with Gasteiger partial charge in [0.1, 0.15) is 5.39 Å². The van der Waals surface area contributed by atoms with Gasteiger partial charge in [-0.25, -0.2) is 0 Å². The smallest absolute Gasteiger partial charge is 0.261 e. The van der Waals surface area contributed by atoms with Crippen LogP contribution in [0.1, 0.15) is 43.7 Å². The van der Waals surface area contributed by atoms with Crippen molar-refractivity contribution in [3.63, 3.8) is 0 Å². The van der Waals surface area contributed by atoms with Crippen molar-refractivity contribution in [1.29, 1.82) is 0 Å². The molecule has 0 radical (unpaired) electrons. The van der Waals surface area contributed by atoms with Gasteiger partial charge in [0, 0.05) is 6.04 Å². The van der Waals surface area contributed by atoms with E-state index < -0.39 is 0 Å². The molecule has 5 nitrogen and oxygen atoms in total. The third kappa shape index (κ3) is 4.05. The minimum atomic E-state index is -0.327. The highest BCUT2D eigenvalue weighted by molar-refractivity contribution is 7.13. The molecule has 1 aromatic carbocycles. The number of nitrogens with zero attached hydrogens (tertiary/aromatic N) is 1. The molecular formula is C23H27N3O2S. The Morgan fingerprint density at radius 2 is 2.00 bits per heavy atom. The Bertz CT molecular complexity index is 1130. The highest BCUT2D eigenvalue weighted by atomic mass is 32.1. The maximum absolute atomic E-state index is 12.6. The first kappa shape index (κ1) is 20.0. The van der Waals surface area contributed by atoms with Gasteiger partial charge in [-0.2, -0.15) is 4.37 Å². The average molecular weight is 410 g/mol. The first-order valence-electron chi connectivity index (χ1n) is 10.4. The molecule has 6 heteroatoms. The van der Waals surface area contributed by atoms with Gasteiger partial charge in [-0.1, -0.05) is 25.1 Å². The number of rotatable bonds is 5. The summed E-state index contributed by atoms with van der Waals surface area (Å²) in [6, 6.07) is 9.14. The van der Waals surface area contributed by atoms with Gasteiger partial charge in [0.15, 0.2) is 0 Å². The molecule has 152 valence electrons. The number of aromatic amines is 1.